The number of carbonyl (C=O) groups excluding carboxylic acids is 1. The van der Waals surface area contributed by atoms with E-state index in [-0.39, 0.29) is 24.2 Å². The van der Waals surface area contributed by atoms with E-state index in [9.17, 15) is 4.79 Å². The lowest BCUT2D eigenvalue weighted by molar-refractivity contribution is -0.123. The summed E-state index contributed by atoms with van der Waals surface area (Å²) in [6, 6.07) is 0.263. The van der Waals surface area contributed by atoms with Crippen molar-refractivity contribution in [3.05, 3.63) is 0 Å². The molecule has 0 bridgehead atoms. The van der Waals surface area contributed by atoms with E-state index in [0.29, 0.717) is 12.6 Å². The van der Waals surface area contributed by atoms with E-state index in [0.717, 1.165) is 12.8 Å². The molecule has 0 saturated carbocycles. The molecule has 2 N–H and O–H groups in total. The van der Waals surface area contributed by atoms with Gasteiger partial charge in [-0.25, -0.2) is 0 Å². The summed E-state index contributed by atoms with van der Waals surface area (Å²) < 4.78 is 5.67. The Hall–Kier alpha value is -0.610. The van der Waals surface area contributed by atoms with Crippen LogP contribution in [0.2, 0.25) is 0 Å². The standard InChI is InChI=1S/C12H24N2O2/c1-5-13-12(15)10(4)14-11-6-8(2)16-9(3)7-11/h8-11,14H,5-7H2,1-4H3,(H,13,15). The van der Waals surface area contributed by atoms with Gasteiger partial charge in [0.2, 0.25) is 5.91 Å². The third kappa shape index (κ3) is 4.10. The molecule has 1 saturated heterocycles. The van der Waals surface area contributed by atoms with Crippen molar-refractivity contribution in [3.8, 4) is 0 Å². The topological polar surface area (TPSA) is 50.4 Å². The van der Waals surface area contributed by atoms with Crippen LogP contribution >= 0.6 is 0 Å². The Balaban J connectivity index is 2.38. The van der Waals surface area contributed by atoms with Gasteiger partial charge in [0.1, 0.15) is 0 Å². The zero-order chi connectivity index (χ0) is 12.1. The summed E-state index contributed by atoms with van der Waals surface area (Å²) in [7, 11) is 0. The van der Waals surface area contributed by atoms with Crippen LogP contribution < -0.4 is 10.6 Å². The average molecular weight is 228 g/mol. The highest BCUT2D eigenvalue weighted by Crippen LogP contribution is 2.19. The molecular formula is C12H24N2O2. The molecule has 0 aromatic rings. The highest BCUT2D eigenvalue weighted by molar-refractivity contribution is 5.81. The lowest BCUT2D eigenvalue weighted by Crippen LogP contribution is -2.50. The van der Waals surface area contributed by atoms with Crippen molar-refractivity contribution in [2.75, 3.05) is 6.54 Å². The molecule has 4 nitrogen and oxygen atoms in total. The minimum absolute atomic E-state index is 0.0781. The first-order valence-electron chi connectivity index (χ1n) is 6.22. The van der Waals surface area contributed by atoms with E-state index < -0.39 is 0 Å². The van der Waals surface area contributed by atoms with Gasteiger partial charge in [-0.2, -0.15) is 0 Å². The van der Waals surface area contributed by atoms with Crippen molar-refractivity contribution in [1.82, 2.24) is 10.6 Å². The maximum absolute atomic E-state index is 11.6. The molecule has 1 fully saturated rings. The quantitative estimate of drug-likeness (QED) is 0.756. The summed E-state index contributed by atoms with van der Waals surface area (Å²) in [5.41, 5.74) is 0. The molecule has 1 aliphatic heterocycles. The van der Waals surface area contributed by atoms with Gasteiger partial charge in [0, 0.05) is 12.6 Å². The predicted molar refractivity (Wildman–Crippen MR) is 64.3 cm³/mol. The first kappa shape index (κ1) is 13.5. The van der Waals surface area contributed by atoms with Gasteiger partial charge in [-0.05, 0) is 40.5 Å². The minimum atomic E-state index is -0.123. The highest BCUT2D eigenvalue weighted by Gasteiger charge is 2.26. The molecule has 1 aliphatic rings. The normalized spacial score (nSPS) is 32.1. The van der Waals surface area contributed by atoms with Gasteiger partial charge >= 0.3 is 0 Å². The Morgan fingerprint density at radius 2 is 1.94 bits per heavy atom. The van der Waals surface area contributed by atoms with Crippen LogP contribution in [0, 0.1) is 0 Å². The molecule has 3 atom stereocenters. The van der Waals surface area contributed by atoms with Crippen LogP contribution in [0.1, 0.15) is 40.5 Å². The lowest BCUT2D eigenvalue weighted by Gasteiger charge is -2.34. The van der Waals surface area contributed by atoms with Crippen molar-refractivity contribution < 1.29 is 9.53 Å². The molecule has 1 heterocycles. The van der Waals surface area contributed by atoms with Gasteiger partial charge in [0.25, 0.3) is 0 Å². The lowest BCUT2D eigenvalue weighted by atomic mass is 9.99. The molecule has 0 aromatic carbocycles. The molecule has 0 spiro atoms. The first-order chi connectivity index (χ1) is 7.52. The molecule has 94 valence electrons. The summed E-state index contributed by atoms with van der Waals surface area (Å²) in [4.78, 5) is 11.6. The van der Waals surface area contributed by atoms with Crippen molar-refractivity contribution in [3.63, 3.8) is 0 Å². The summed E-state index contributed by atoms with van der Waals surface area (Å²) in [6.07, 6.45) is 2.52. The summed E-state index contributed by atoms with van der Waals surface area (Å²) in [6.45, 7) is 8.70. The predicted octanol–water partition coefficient (Wildman–Crippen LogP) is 1.06. The fourth-order valence-electron chi connectivity index (χ4n) is 2.30. The average Bonchev–Trinajstić information content (AvgIpc) is 2.16. The Bertz CT molecular complexity index is 223. The maximum Gasteiger partial charge on any atom is 0.236 e. The van der Waals surface area contributed by atoms with E-state index in [1.54, 1.807) is 0 Å². The van der Waals surface area contributed by atoms with Gasteiger partial charge in [-0.3, -0.25) is 4.79 Å². The second-order valence-corrected chi connectivity index (χ2v) is 4.71. The minimum Gasteiger partial charge on any atom is -0.375 e. The van der Waals surface area contributed by atoms with E-state index >= 15 is 0 Å². The molecule has 0 radical (unpaired) electrons. The zero-order valence-corrected chi connectivity index (χ0v) is 10.7. The largest absolute Gasteiger partial charge is 0.375 e. The van der Waals surface area contributed by atoms with Gasteiger partial charge in [0.05, 0.1) is 18.2 Å². The molecule has 1 rings (SSSR count). The van der Waals surface area contributed by atoms with E-state index in [2.05, 4.69) is 24.5 Å². The van der Waals surface area contributed by atoms with Gasteiger partial charge in [-0.15, -0.1) is 0 Å². The van der Waals surface area contributed by atoms with Crippen LogP contribution in [0.4, 0.5) is 0 Å². The monoisotopic (exact) mass is 228 g/mol. The SMILES string of the molecule is CCNC(=O)C(C)NC1CC(C)OC(C)C1. The van der Waals surface area contributed by atoms with E-state index in [1.165, 1.54) is 0 Å². The van der Waals surface area contributed by atoms with Crippen LogP contribution in [0.15, 0.2) is 0 Å². The van der Waals surface area contributed by atoms with E-state index in [4.69, 9.17) is 4.74 Å². The van der Waals surface area contributed by atoms with Crippen LogP contribution in [0.25, 0.3) is 0 Å². The van der Waals surface area contributed by atoms with Crippen LogP contribution in [0.3, 0.4) is 0 Å². The smallest absolute Gasteiger partial charge is 0.236 e. The number of rotatable bonds is 4. The zero-order valence-electron chi connectivity index (χ0n) is 10.7. The number of amides is 1. The number of ether oxygens (including phenoxy) is 1. The second-order valence-electron chi connectivity index (χ2n) is 4.71. The van der Waals surface area contributed by atoms with Gasteiger partial charge in [0.15, 0.2) is 0 Å². The maximum atomic E-state index is 11.6. The molecule has 0 aromatic heterocycles. The van der Waals surface area contributed by atoms with Crippen LogP contribution in [-0.4, -0.2) is 36.7 Å². The van der Waals surface area contributed by atoms with Crippen molar-refractivity contribution in [1.29, 1.82) is 0 Å². The molecule has 16 heavy (non-hydrogen) atoms. The third-order valence-corrected chi connectivity index (χ3v) is 2.93. The number of hydrogen-bond acceptors (Lipinski definition) is 3. The second kappa shape index (κ2) is 6.21. The number of nitrogens with one attached hydrogen (secondary N) is 2. The fourth-order valence-corrected chi connectivity index (χ4v) is 2.30. The molecule has 0 aliphatic carbocycles. The number of likely N-dealkylation sites (N-methyl/N-ethyl adjacent to an activating group) is 1. The highest BCUT2D eigenvalue weighted by atomic mass is 16.5. The summed E-state index contributed by atoms with van der Waals surface area (Å²) >= 11 is 0. The fraction of sp³-hybridized carbons (Fsp3) is 0.917. The Morgan fingerprint density at radius 1 is 1.38 bits per heavy atom. The van der Waals surface area contributed by atoms with Crippen molar-refractivity contribution in [2.24, 2.45) is 0 Å². The molecule has 4 heteroatoms. The van der Waals surface area contributed by atoms with Crippen molar-refractivity contribution in [2.45, 2.75) is 64.8 Å². The Morgan fingerprint density at radius 3 is 2.44 bits per heavy atom. The van der Waals surface area contributed by atoms with Crippen molar-refractivity contribution >= 4 is 5.91 Å². The third-order valence-electron chi connectivity index (χ3n) is 2.93. The molecule has 1 amide bonds. The van der Waals surface area contributed by atoms with Crippen LogP contribution in [0.5, 0.6) is 0 Å². The number of carbonyl (C=O) groups is 1. The van der Waals surface area contributed by atoms with Crippen LogP contribution in [-0.2, 0) is 9.53 Å². The van der Waals surface area contributed by atoms with E-state index in [1.807, 2.05) is 13.8 Å². The summed E-state index contributed by atoms with van der Waals surface area (Å²) in [5.74, 6) is 0.0781. The Kier molecular flexibility index (Phi) is 5.22. The summed E-state index contributed by atoms with van der Waals surface area (Å²) in [5, 5.41) is 6.20. The van der Waals surface area contributed by atoms with Gasteiger partial charge < -0.3 is 15.4 Å². The number of hydrogen-bond donors (Lipinski definition) is 2. The van der Waals surface area contributed by atoms with Gasteiger partial charge in [-0.1, -0.05) is 0 Å². The Labute approximate surface area is 98.1 Å². The molecular weight excluding hydrogens is 204 g/mol. The first-order valence-corrected chi connectivity index (χ1v) is 6.22. The molecule has 3 unspecified atom stereocenters.